The number of anilines is 1. The van der Waals surface area contributed by atoms with Crippen molar-refractivity contribution in [2.75, 3.05) is 11.9 Å². The molecule has 0 spiro atoms. The fraction of sp³-hybridized carbons (Fsp3) is 0.462. The molecular formula is C13H17N3O2S. The number of nitro benzene ring substituents is 1. The molecule has 0 radical (unpaired) electrons. The van der Waals surface area contributed by atoms with Crippen molar-refractivity contribution in [3.63, 3.8) is 0 Å². The van der Waals surface area contributed by atoms with E-state index in [1.807, 2.05) is 6.07 Å². The summed E-state index contributed by atoms with van der Waals surface area (Å²) >= 11 is 1.42. The third-order valence-corrected chi connectivity index (χ3v) is 3.80. The molecule has 1 heterocycles. The highest BCUT2D eigenvalue weighted by molar-refractivity contribution is 7.16. The van der Waals surface area contributed by atoms with E-state index < -0.39 is 0 Å². The van der Waals surface area contributed by atoms with Crippen molar-refractivity contribution in [2.45, 2.75) is 32.6 Å². The molecular weight excluding hydrogens is 262 g/mol. The molecule has 0 saturated heterocycles. The van der Waals surface area contributed by atoms with E-state index in [-0.39, 0.29) is 10.6 Å². The fourth-order valence-corrected chi connectivity index (χ4v) is 2.70. The fourth-order valence-electron chi connectivity index (χ4n) is 2.02. The first kappa shape index (κ1) is 13.7. The zero-order valence-corrected chi connectivity index (χ0v) is 11.7. The minimum absolute atomic E-state index is 0.0919. The van der Waals surface area contributed by atoms with E-state index in [9.17, 15) is 10.1 Å². The van der Waals surface area contributed by atoms with E-state index in [0.29, 0.717) is 11.2 Å². The summed E-state index contributed by atoms with van der Waals surface area (Å²) in [5.41, 5.74) is 2.78. The van der Waals surface area contributed by atoms with Crippen molar-refractivity contribution in [2.24, 2.45) is 0 Å². The van der Waals surface area contributed by atoms with Crippen molar-refractivity contribution in [3.8, 4) is 0 Å². The van der Waals surface area contributed by atoms with Crippen molar-refractivity contribution >= 4 is 32.9 Å². The summed E-state index contributed by atoms with van der Waals surface area (Å²) in [6, 6.07) is 3.66. The minimum Gasteiger partial charge on any atom is -0.379 e. The number of hydrogen-bond acceptors (Lipinski definition) is 5. The van der Waals surface area contributed by atoms with Gasteiger partial charge in [0, 0.05) is 6.54 Å². The summed E-state index contributed by atoms with van der Waals surface area (Å²) in [6.45, 7) is 2.92. The molecule has 2 aromatic rings. The van der Waals surface area contributed by atoms with Crippen LogP contribution in [0.25, 0.3) is 10.2 Å². The smallest absolute Gasteiger partial charge is 0.319 e. The first-order valence-electron chi connectivity index (χ1n) is 6.48. The van der Waals surface area contributed by atoms with Gasteiger partial charge in [-0.3, -0.25) is 10.1 Å². The monoisotopic (exact) mass is 279 g/mol. The summed E-state index contributed by atoms with van der Waals surface area (Å²) in [4.78, 5) is 14.9. The van der Waals surface area contributed by atoms with Crippen LogP contribution in [0.3, 0.4) is 0 Å². The third-order valence-electron chi connectivity index (χ3n) is 3.00. The number of fused-ring (bicyclic) bond motifs is 1. The lowest BCUT2D eigenvalue weighted by atomic mass is 10.2. The first-order valence-corrected chi connectivity index (χ1v) is 7.36. The van der Waals surface area contributed by atoms with E-state index >= 15 is 0 Å². The van der Waals surface area contributed by atoms with Gasteiger partial charge in [0.25, 0.3) is 0 Å². The average molecular weight is 279 g/mol. The SMILES string of the molecule is CCCCCCNc1ccc2scnc2c1[N+](=O)[O-]. The number of nitro groups is 1. The van der Waals surface area contributed by atoms with Crippen LogP contribution in [0.2, 0.25) is 0 Å². The predicted octanol–water partition coefficient (Wildman–Crippen LogP) is 4.20. The van der Waals surface area contributed by atoms with Crippen LogP contribution in [-0.4, -0.2) is 16.5 Å². The topological polar surface area (TPSA) is 68.1 Å². The van der Waals surface area contributed by atoms with Crippen molar-refractivity contribution in [3.05, 3.63) is 27.8 Å². The Kier molecular flexibility index (Phi) is 4.68. The molecule has 6 heteroatoms. The first-order chi connectivity index (χ1) is 9.24. The largest absolute Gasteiger partial charge is 0.379 e. The molecule has 19 heavy (non-hydrogen) atoms. The second kappa shape index (κ2) is 6.47. The molecule has 1 aromatic heterocycles. The molecule has 0 amide bonds. The number of thiazole rings is 1. The zero-order valence-electron chi connectivity index (χ0n) is 10.9. The molecule has 102 valence electrons. The van der Waals surface area contributed by atoms with Gasteiger partial charge in [0.2, 0.25) is 0 Å². The van der Waals surface area contributed by atoms with Gasteiger partial charge in [-0.2, -0.15) is 0 Å². The van der Waals surface area contributed by atoms with Crippen LogP contribution in [0.15, 0.2) is 17.6 Å². The molecule has 1 aromatic carbocycles. The second-order valence-electron chi connectivity index (χ2n) is 4.41. The summed E-state index contributed by atoms with van der Waals surface area (Å²) in [6.07, 6.45) is 4.57. The molecule has 0 atom stereocenters. The average Bonchev–Trinajstić information content (AvgIpc) is 2.85. The van der Waals surface area contributed by atoms with E-state index in [1.165, 1.54) is 24.2 Å². The molecule has 0 unspecified atom stereocenters. The highest BCUT2D eigenvalue weighted by atomic mass is 32.1. The number of benzene rings is 1. The molecule has 0 aliphatic rings. The Labute approximate surface area is 115 Å². The maximum absolute atomic E-state index is 11.2. The van der Waals surface area contributed by atoms with E-state index in [2.05, 4.69) is 17.2 Å². The van der Waals surface area contributed by atoms with E-state index in [0.717, 1.165) is 24.1 Å². The van der Waals surface area contributed by atoms with Crippen molar-refractivity contribution in [1.29, 1.82) is 0 Å². The maximum Gasteiger partial charge on any atom is 0.319 e. The molecule has 0 aliphatic heterocycles. The van der Waals surface area contributed by atoms with Gasteiger partial charge in [0.15, 0.2) is 5.52 Å². The summed E-state index contributed by atoms with van der Waals surface area (Å²) < 4.78 is 0.850. The van der Waals surface area contributed by atoms with Crippen LogP contribution in [0.5, 0.6) is 0 Å². The van der Waals surface area contributed by atoms with Crippen molar-refractivity contribution in [1.82, 2.24) is 4.98 Å². The lowest BCUT2D eigenvalue weighted by Gasteiger charge is -2.07. The van der Waals surface area contributed by atoms with Crippen molar-refractivity contribution < 1.29 is 4.92 Å². The molecule has 1 N–H and O–H groups in total. The number of nitrogens with one attached hydrogen (secondary N) is 1. The number of unbranched alkanes of at least 4 members (excludes halogenated alkanes) is 3. The Balaban J connectivity index is 2.13. The van der Waals surface area contributed by atoms with Crippen LogP contribution in [0.4, 0.5) is 11.4 Å². The van der Waals surface area contributed by atoms with Gasteiger partial charge < -0.3 is 5.32 Å². The standard InChI is InChI=1S/C13H17N3O2S/c1-2-3-4-5-8-14-10-6-7-11-12(15-9-19-11)13(10)16(17)18/h6-7,9,14H,2-5,8H2,1H3. The van der Waals surface area contributed by atoms with Crippen LogP contribution in [0.1, 0.15) is 32.6 Å². The number of hydrogen-bond donors (Lipinski definition) is 1. The van der Waals surface area contributed by atoms with Gasteiger partial charge in [-0.1, -0.05) is 26.2 Å². The van der Waals surface area contributed by atoms with Gasteiger partial charge in [0.1, 0.15) is 5.69 Å². The second-order valence-corrected chi connectivity index (χ2v) is 5.29. The molecule has 0 fully saturated rings. The number of nitrogens with zero attached hydrogens (tertiary/aromatic N) is 2. The summed E-state index contributed by atoms with van der Waals surface area (Å²) in [5, 5.41) is 14.4. The van der Waals surface area contributed by atoms with Gasteiger partial charge >= 0.3 is 5.69 Å². The number of rotatable bonds is 7. The summed E-state index contributed by atoms with van der Waals surface area (Å²) in [7, 11) is 0. The molecule has 2 rings (SSSR count). The van der Waals surface area contributed by atoms with Gasteiger partial charge in [-0.15, -0.1) is 11.3 Å². The Morgan fingerprint density at radius 1 is 1.37 bits per heavy atom. The Morgan fingerprint density at radius 3 is 2.95 bits per heavy atom. The molecule has 0 aliphatic carbocycles. The van der Waals surface area contributed by atoms with E-state index in [4.69, 9.17) is 0 Å². The lowest BCUT2D eigenvalue weighted by molar-refractivity contribution is -0.382. The van der Waals surface area contributed by atoms with Gasteiger partial charge in [0.05, 0.1) is 15.1 Å². The minimum atomic E-state index is -0.351. The van der Waals surface area contributed by atoms with Gasteiger partial charge in [-0.05, 0) is 18.6 Å². The van der Waals surface area contributed by atoms with E-state index in [1.54, 1.807) is 11.6 Å². The highest BCUT2D eigenvalue weighted by Crippen LogP contribution is 2.34. The Morgan fingerprint density at radius 2 is 2.21 bits per heavy atom. The third kappa shape index (κ3) is 3.20. The predicted molar refractivity (Wildman–Crippen MR) is 78.9 cm³/mol. The lowest BCUT2D eigenvalue weighted by Crippen LogP contribution is -2.04. The quantitative estimate of drug-likeness (QED) is 0.468. The normalized spacial score (nSPS) is 10.8. The van der Waals surface area contributed by atoms with Gasteiger partial charge in [-0.25, -0.2) is 4.98 Å². The highest BCUT2D eigenvalue weighted by Gasteiger charge is 2.20. The molecule has 5 nitrogen and oxygen atoms in total. The van der Waals surface area contributed by atoms with Crippen LogP contribution >= 0.6 is 11.3 Å². The Bertz CT molecular complexity index is 568. The maximum atomic E-state index is 11.2. The van der Waals surface area contributed by atoms with Crippen LogP contribution < -0.4 is 5.32 Å². The van der Waals surface area contributed by atoms with Crippen LogP contribution in [-0.2, 0) is 0 Å². The number of aromatic nitrogens is 1. The molecule has 0 saturated carbocycles. The molecule has 0 bridgehead atoms. The van der Waals surface area contributed by atoms with Crippen LogP contribution in [0, 0.1) is 10.1 Å². The summed E-state index contributed by atoms with van der Waals surface area (Å²) in [5.74, 6) is 0. The zero-order chi connectivity index (χ0) is 13.7. The Hall–Kier alpha value is -1.69.